The average Bonchev–Trinajstić information content (AvgIpc) is 3.43. The maximum atomic E-state index is 16.6. The molecule has 1 aliphatic carbocycles. The Bertz CT molecular complexity index is 1890. The lowest BCUT2D eigenvalue weighted by atomic mass is 9.96. The number of rotatable bonds is 6. The SMILES string of the molecule is C=CC(=O)N1CC[C@@H]2[C@H]1CN2c1nc(OC[C@@H]2[C@@H]3C[C@@]3(C)CN2C)nc2c(F)c(-c3cccc4ccc(F)c(Cl)c34)ncc12. The highest BCUT2D eigenvalue weighted by Gasteiger charge is 2.60. The van der Waals surface area contributed by atoms with Crippen molar-refractivity contribution < 1.29 is 18.3 Å². The Kier molecular flexibility index (Phi) is 6.16. The molecule has 0 unspecified atom stereocenters. The van der Waals surface area contributed by atoms with Crippen molar-refractivity contribution >= 4 is 45.0 Å². The van der Waals surface area contributed by atoms with E-state index < -0.39 is 11.6 Å². The Hall–Kier alpha value is -3.89. The minimum atomic E-state index is -0.663. The smallest absolute Gasteiger partial charge is 0.319 e. The standard InChI is InChI=1S/C33H31ClF2N6O2/c1-4-25(43)41-11-10-22-23(41)14-42(22)31-19-13-37-29(18-7-5-6-17-8-9-21(35)27(34)26(17)18)28(36)30(19)38-32(39-31)44-15-24-20-12-33(20,2)16-40(24)3/h4-9,13,20,22-24H,1,10-12,14-16H2,2-3H3/t20-,22+,23+,24+,33-/m0/s1. The third-order valence-electron chi connectivity index (χ3n) is 10.3. The summed E-state index contributed by atoms with van der Waals surface area (Å²) >= 11 is 6.39. The zero-order valence-corrected chi connectivity index (χ0v) is 25.2. The molecule has 5 heterocycles. The summed E-state index contributed by atoms with van der Waals surface area (Å²) in [6.07, 6.45) is 4.83. The van der Waals surface area contributed by atoms with Crippen LogP contribution in [0.2, 0.25) is 5.02 Å². The predicted molar refractivity (Wildman–Crippen MR) is 165 cm³/mol. The summed E-state index contributed by atoms with van der Waals surface area (Å²) in [7, 11) is 2.10. The van der Waals surface area contributed by atoms with Crippen molar-refractivity contribution in [3.05, 3.63) is 65.8 Å². The van der Waals surface area contributed by atoms with Gasteiger partial charge in [0.1, 0.15) is 29.5 Å². The van der Waals surface area contributed by atoms with Crippen LogP contribution in [0.1, 0.15) is 19.8 Å². The average molecular weight is 617 g/mol. The Morgan fingerprint density at radius 1 is 1.23 bits per heavy atom. The quantitative estimate of drug-likeness (QED) is 0.266. The minimum absolute atomic E-state index is 0.0144. The van der Waals surface area contributed by atoms with Crippen LogP contribution in [0.4, 0.5) is 14.6 Å². The highest BCUT2D eigenvalue weighted by molar-refractivity contribution is 6.36. The van der Waals surface area contributed by atoms with Crippen molar-refractivity contribution in [2.45, 2.75) is 37.9 Å². The van der Waals surface area contributed by atoms with E-state index in [-0.39, 0.29) is 46.3 Å². The summed E-state index contributed by atoms with van der Waals surface area (Å²) < 4.78 is 37.4. The van der Waals surface area contributed by atoms with Crippen LogP contribution in [0.5, 0.6) is 6.01 Å². The molecule has 44 heavy (non-hydrogen) atoms. The van der Waals surface area contributed by atoms with Crippen molar-refractivity contribution in [1.82, 2.24) is 24.8 Å². The van der Waals surface area contributed by atoms with Gasteiger partial charge in [-0.15, -0.1) is 0 Å². The highest BCUT2D eigenvalue weighted by Crippen LogP contribution is 2.60. The molecule has 2 aromatic carbocycles. The number of ether oxygens (including phenoxy) is 1. The van der Waals surface area contributed by atoms with Gasteiger partial charge in [-0.05, 0) is 48.8 Å². The fraction of sp³-hybridized carbons (Fsp3) is 0.394. The third-order valence-corrected chi connectivity index (χ3v) is 10.7. The molecule has 4 aliphatic rings. The summed E-state index contributed by atoms with van der Waals surface area (Å²) in [6, 6.07) is 8.51. The molecule has 2 aromatic heterocycles. The first-order valence-corrected chi connectivity index (χ1v) is 15.3. The molecule has 5 atom stereocenters. The summed E-state index contributed by atoms with van der Waals surface area (Å²) in [6.45, 7) is 8.52. The van der Waals surface area contributed by atoms with E-state index in [1.807, 2.05) is 4.90 Å². The first kappa shape index (κ1) is 27.6. The number of anilines is 1. The van der Waals surface area contributed by atoms with Crippen molar-refractivity contribution in [2.24, 2.45) is 11.3 Å². The number of pyridine rings is 1. The second-order valence-corrected chi connectivity index (χ2v) is 13.2. The van der Waals surface area contributed by atoms with Crippen LogP contribution in [0, 0.1) is 23.0 Å². The maximum absolute atomic E-state index is 16.6. The first-order valence-electron chi connectivity index (χ1n) is 14.9. The largest absolute Gasteiger partial charge is 0.462 e. The van der Waals surface area contributed by atoms with Crippen molar-refractivity contribution in [3.8, 4) is 17.3 Å². The van der Waals surface area contributed by atoms with Crippen molar-refractivity contribution in [3.63, 3.8) is 0 Å². The molecule has 3 saturated heterocycles. The number of hydrogen-bond acceptors (Lipinski definition) is 7. The fourth-order valence-electron chi connectivity index (χ4n) is 7.88. The van der Waals surface area contributed by atoms with Crippen LogP contribution in [0.25, 0.3) is 32.9 Å². The minimum Gasteiger partial charge on any atom is -0.462 e. The number of piperidine rings is 1. The number of likely N-dealkylation sites (tertiary alicyclic amines) is 2. The lowest BCUT2D eigenvalue weighted by molar-refractivity contribution is -0.127. The van der Waals surface area contributed by atoms with E-state index >= 15 is 4.39 Å². The number of carbonyl (C=O) groups is 1. The normalized spacial score (nSPS) is 27.4. The number of nitrogens with zero attached hydrogens (tertiary/aromatic N) is 6. The zero-order valence-electron chi connectivity index (χ0n) is 24.4. The van der Waals surface area contributed by atoms with Gasteiger partial charge in [-0.1, -0.05) is 49.4 Å². The van der Waals surface area contributed by atoms with E-state index in [2.05, 4.69) is 40.3 Å². The van der Waals surface area contributed by atoms with Crippen LogP contribution < -0.4 is 9.64 Å². The number of aromatic nitrogens is 3. The topological polar surface area (TPSA) is 74.7 Å². The van der Waals surface area contributed by atoms with Gasteiger partial charge in [-0.2, -0.15) is 9.97 Å². The molecule has 3 aliphatic heterocycles. The number of halogens is 3. The number of amides is 1. The lowest BCUT2D eigenvalue weighted by Gasteiger charge is -2.47. The van der Waals surface area contributed by atoms with Crippen LogP contribution in [-0.4, -0.2) is 82.1 Å². The Morgan fingerprint density at radius 3 is 2.84 bits per heavy atom. The summed E-state index contributed by atoms with van der Waals surface area (Å²) in [5.74, 6) is -0.271. The molecule has 0 N–H and O–H groups in total. The maximum Gasteiger partial charge on any atom is 0.319 e. The second kappa shape index (κ2) is 9.81. The van der Waals surface area contributed by atoms with E-state index in [1.54, 1.807) is 30.5 Å². The van der Waals surface area contributed by atoms with Gasteiger partial charge in [0.25, 0.3) is 0 Å². The van der Waals surface area contributed by atoms with Crippen molar-refractivity contribution in [1.29, 1.82) is 0 Å². The van der Waals surface area contributed by atoms with Gasteiger partial charge in [0.2, 0.25) is 5.91 Å². The lowest BCUT2D eigenvalue weighted by Crippen LogP contribution is -2.63. The summed E-state index contributed by atoms with van der Waals surface area (Å²) in [4.78, 5) is 32.6. The summed E-state index contributed by atoms with van der Waals surface area (Å²) in [5, 5.41) is 1.40. The van der Waals surface area contributed by atoms with Gasteiger partial charge in [0.15, 0.2) is 5.82 Å². The van der Waals surface area contributed by atoms with Crippen LogP contribution in [0.15, 0.2) is 49.2 Å². The molecule has 1 saturated carbocycles. The van der Waals surface area contributed by atoms with E-state index in [4.69, 9.17) is 21.3 Å². The van der Waals surface area contributed by atoms with Gasteiger partial charge in [-0.25, -0.2) is 8.78 Å². The number of carbonyl (C=O) groups excluding carboxylic acids is 1. The first-order chi connectivity index (χ1) is 21.2. The Morgan fingerprint density at radius 2 is 2.07 bits per heavy atom. The number of benzene rings is 2. The molecule has 1 amide bonds. The van der Waals surface area contributed by atoms with Gasteiger partial charge in [0, 0.05) is 42.8 Å². The molecule has 4 fully saturated rings. The fourth-order valence-corrected chi connectivity index (χ4v) is 8.15. The molecule has 11 heteroatoms. The molecule has 0 radical (unpaired) electrons. The van der Waals surface area contributed by atoms with Crippen LogP contribution in [-0.2, 0) is 4.79 Å². The van der Waals surface area contributed by atoms with E-state index in [9.17, 15) is 9.18 Å². The van der Waals surface area contributed by atoms with E-state index in [0.717, 1.165) is 13.0 Å². The Balaban J connectivity index is 1.22. The monoisotopic (exact) mass is 616 g/mol. The summed E-state index contributed by atoms with van der Waals surface area (Å²) in [5.41, 5.74) is 0.776. The molecule has 8 nitrogen and oxygen atoms in total. The van der Waals surface area contributed by atoms with Crippen LogP contribution in [0.3, 0.4) is 0 Å². The van der Waals surface area contributed by atoms with Crippen LogP contribution >= 0.6 is 11.6 Å². The molecule has 8 rings (SSSR count). The predicted octanol–water partition coefficient (Wildman–Crippen LogP) is 5.47. The van der Waals surface area contributed by atoms with Gasteiger partial charge < -0.3 is 14.5 Å². The van der Waals surface area contributed by atoms with Gasteiger partial charge in [-0.3, -0.25) is 14.7 Å². The number of hydrogen-bond donors (Lipinski definition) is 0. The molecular weight excluding hydrogens is 586 g/mol. The molecule has 0 spiro atoms. The van der Waals surface area contributed by atoms with Gasteiger partial charge >= 0.3 is 6.01 Å². The number of likely N-dealkylation sites (N-methyl/N-ethyl adjacent to an activating group) is 1. The molecule has 4 aromatic rings. The van der Waals surface area contributed by atoms with Crippen molar-refractivity contribution in [2.75, 3.05) is 38.2 Å². The Labute approximate surface area is 258 Å². The zero-order chi connectivity index (χ0) is 30.5. The van der Waals surface area contributed by atoms with E-state index in [1.165, 1.54) is 18.6 Å². The van der Waals surface area contributed by atoms with Gasteiger partial charge in [0.05, 0.1) is 22.5 Å². The second-order valence-electron chi connectivity index (χ2n) is 12.8. The third kappa shape index (κ3) is 4.03. The molecule has 226 valence electrons. The van der Waals surface area contributed by atoms with E-state index in [0.29, 0.717) is 58.6 Å². The molecular formula is C33H31ClF2N6O2. The highest BCUT2D eigenvalue weighted by atomic mass is 35.5. The number of fused-ring (bicyclic) bond motifs is 4. The molecule has 0 bridgehead atoms.